The molecule has 0 bridgehead atoms. The first-order valence-corrected chi connectivity index (χ1v) is 17.7. The fourth-order valence-electron chi connectivity index (χ4n) is 8.15. The summed E-state index contributed by atoms with van der Waals surface area (Å²) in [5, 5.41) is 4.82. The first-order chi connectivity index (χ1) is 25.8. The molecule has 0 amide bonds. The van der Waals surface area contributed by atoms with Gasteiger partial charge in [0.15, 0.2) is 0 Å². The van der Waals surface area contributed by atoms with E-state index in [1.54, 1.807) is 0 Å². The van der Waals surface area contributed by atoms with Gasteiger partial charge in [0.05, 0.1) is 27.8 Å². The zero-order valence-electron chi connectivity index (χ0n) is 28.4. The molecule has 4 heteroatoms. The molecule has 4 nitrogen and oxygen atoms in total. The van der Waals surface area contributed by atoms with Crippen molar-refractivity contribution in [1.82, 2.24) is 9.13 Å². The highest BCUT2D eigenvalue weighted by Crippen LogP contribution is 2.47. The van der Waals surface area contributed by atoms with Crippen LogP contribution in [-0.2, 0) is 0 Å². The van der Waals surface area contributed by atoms with E-state index in [2.05, 4.69) is 203 Å². The van der Waals surface area contributed by atoms with Crippen LogP contribution in [0.15, 0.2) is 188 Å². The van der Waals surface area contributed by atoms with Gasteiger partial charge in [0.1, 0.15) is 0 Å². The number of hydrogen-bond donors (Lipinski definition) is 2. The van der Waals surface area contributed by atoms with Crippen LogP contribution in [0.1, 0.15) is 0 Å². The first kappa shape index (κ1) is 30.0. The Morgan fingerprint density at radius 1 is 0.346 bits per heavy atom. The lowest BCUT2D eigenvalue weighted by Crippen LogP contribution is -2.09. The number of rotatable bonds is 6. The third-order valence-corrected chi connectivity index (χ3v) is 10.4. The largest absolute Gasteiger partial charge is 0.323 e. The number of nitrogens with zero attached hydrogens (tertiary/aromatic N) is 2. The second kappa shape index (κ2) is 12.2. The fraction of sp³-hybridized carbons (Fsp3) is 0. The molecule has 246 valence electrons. The SMILES string of the molecule is NNc1ccc(-c2ccccc2)c(-c2ccc3c(c2)c2ccccc2n3-c2ccccc2)c1-c1ccc2c(c1)c1ccccc1n2-c1ccccc1. The Morgan fingerprint density at radius 2 is 0.788 bits per heavy atom. The van der Waals surface area contributed by atoms with Gasteiger partial charge in [-0.1, -0.05) is 121 Å². The molecule has 10 rings (SSSR count). The van der Waals surface area contributed by atoms with Gasteiger partial charge in [0.25, 0.3) is 0 Å². The minimum atomic E-state index is 0.868. The van der Waals surface area contributed by atoms with Crippen LogP contribution in [0, 0.1) is 0 Å². The zero-order chi connectivity index (χ0) is 34.6. The third-order valence-electron chi connectivity index (χ3n) is 10.4. The Balaban J connectivity index is 1.28. The molecule has 0 saturated carbocycles. The van der Waals surface area contributed by atoms with Crippen LogP contribution in [0.3, 0.4) is 0 Å². The summed E-state index contributed by atoms with van der Waals surface area (Å²) in [6, 6.07) is 67.3. The van der Waals surface area contributed by atoms with Crippen LogP contribution in [0.25, 0.3) is 88.4 Å². The summed E-state index contributed by atoms with van der Waals surface area (Å²) in [7, 11) is 0. The van der Waals surface area contributed by atoms with Crippen molar-refractivity contribution < 1.29 is 0 Å². The Morgan fingerprint density at radius 3 is 1.31 bits per heavy atom. The van der Waals surface area contributed by atoms with Gasteiger partial charge in [-0.3, -0.25) is 5.84 Å². The highest BCUT2D eigenvalue weighted by atomic mass is 15.2. The number of aromatic nitrogens is 2. The molecule has 2 heterocycles. The minimum absolute atomic E-state index is 0.868. The number of anilines is 1. The van der Waals surface area contributed by atoms with Gasteiger partial charge < -0.3 is 14.6 Å². The van der Waals surface area contributed by atoms with Crippen molar-refractivity contribution in [3.05, 3.63) is 188 Å². The molecule has 10 aromatic rings. The molecule has 0 fully saturated rings. The molecular weight excluding hydrogens is 633 g/mol. The molecule has 2 aromatic heterocycles. The number of nitrogen functional groups attached to an aromatic ring is 1. The molecule has 8 aromatic carbocycles. The maximum atomic E-state index is 6.38. The number of nitrogens with one attached hydrogen (secondary N) is 1. The summed E-state index contributed by atoms with van der Waals surface area (Å²) >= 11 is 0. The van der Waals surface area contributed by atoms with Crippen LogP contribution in [0.4, 0.5) is 5.69 Å². The third kappa shape index (κ3) is 4.66. The molecule has 0 atom stereocenters. The van der Waals surface area contributed by atoms with Gasteiger partial charge in [-0.05, 0) is 94.5 Å². The van der Waals surface area contributed by atoms with E-state index in [1.807, 2.05) is 0 Å². The summed E-state index contributed by atoms with van der Waals surface area (Å²) in [6.45, 7) is 0. The summed E-state index contributed by atoms with van der Waals surface area (Å²) < 4.78 is 4.72. The van der Waals surface area contributed by atoms with E-state index >= 15 is 0 Å². The average Bonchev–Trinajstić information content (AvgIpc) is 3.73. The second-order valence-corrected chi connectivity index (χ2v) is 13.3. The van der Waals surface area contributed by atoms with Gasteiger partial charge in [-0.2, -0.15) is 0 Å². The second-order valence-electron chi connectivity index (χ2n) is 13.3. The lowest BCUT2D eigenvalue weighted by molar-refractivity contribution is 1.18. The fourth-order valence-corrected chi connectivity index (χ4v) is 8.15. The van der Waals surface area contributed by atoms with E-state index in [0.717, 1.165) is 56.0 Å². The number of fused-ring (bicyclic) bond motifs is 6. The molecule has 52 heavy (non-hydrogen) atoms. The molecule has 0 unspecified atom stereocenters. The van der Waals surface area contributed by atoms with E-state index in [-0.39, 0.29) is 0 Å². The van der Waals surface area contributed by atoms with Crippen molar-refractivity contribution in [1.29, 1.82) is 0 Å². The average molecular weight is 667 g/mol. The minimum Gasteiger partial charge on any atom is -0.323 e. The Labute approximate surface area is 301 Å². The van der Waals surface area contributed by atoms with Gasteiger partial charge in [-0.15, -0.1) is 0 Å². The van der Waals surface area contributed by atoms with E-state index < -0.39 is 0 Å². The highest BCUT2D eigenvalue weighted by molar-refractivity contribution is 6.14. The van der Waals surface area contributed by atoms with Crippen LogP contribution < -0.4 is 11.3 Å². The smallest absolute Gasteiger partial charge is 0.0570 e. The summed E-state index contributed by atoms with van der Waals surface area (Å²) in [5.74, 6) is 6.38. The maximum Gasteiger partial charge on any atom is 0.0570 e. The maximum absolute atomic E-state index is 6.38. The number of benzene rings is 8. The van der Waals surface area contributed by atoms with E-state index in [1.165, 1.54) is 38.1 Å². The van der Waals surface area contributed by atoms with Crippen molar-refractivity contribution in [2.75, 3.05) is 5.43 Å². The predicted octanol–water partition coefficient (Wildman–Crippen LogP) is 12.2. The Hall–Kier alpha value is -6.88. The topological polar surface area (TPSA) is 47.9 Å². The van der Waals surface area contributed by atoms with Gasteiger partial charge in [-0.25, -0.2) is 0 Å². The zero-order valence-corrected chi connectivity index (χ0v) is 28.4. The van der Waals surface area contributed by atoms with Crippen molar-refractivity contribution in [2.24, 2.45) is 5.84 Å². The molecule has 0 aliphatic rings. The van der Waals surface area contributed by atoms with E-state index in [9.17, 15) is 0 Å². The molecule has 0 radical (unpaired) electrons. The standard InChI is InChI=1S/C48H34N4/c49-50-42-27-26-37(32-14-4-1-5-15-32)47(33-24-28-45-40(30-33)38-20-10-12-22-43(38)51(45)35-16-6-2-7-17-35)48(42)34-25-29-46-41(31-34)39-21-11-13-23-44(39)52(46)36-18-8-3-9-19-36/h1-31,50H,49H2. The van der Waals surface area contributed by atoms with Crippen LogP contribution in [-0.4, -0.2) is 9.13 Å². The number of para-hydroxylation sites is 4. The van der Waals surface area contributed by atoms with Crippen LogP contribution in [0.2, 0.25) is 0 Å². The van der Waals surface area contributed by atoms with Crippen LogP contribution >= 0.6 is 0 Å². The van der Waals surface area contributed by atoms with Crippen molar-refractivity contribution in [2.45, 2.75) is 0 Å². The lowest BCUT2D eigenvalue weighted by atomic mass is 9.85. The van der Waals surface area contributed by atoms with Gasteiger partial charge in [0.2, 0.25) is 0 Å². The predicted molar refractivity (Wildman–Crippen MR) is 219 cm³/mol. The normalized spacial score (nSPS) is 11.6. The molecule has 0 aliphatic carbocycles. The molecule has 0 saturated heterocycles. The van der Waals surface area contributed by atoms with Crippen LogP contribution in [0.5, 0.6) is 0 Å². The van der Waals surface area contributed by atoms with Crippen molar-refractivity contribution in [3.63, 3.8) is 0 Å². The molecular formula is C48H34N4. The van der Waals surface area contributed by atoms with Gasteiger partial charge in [0, 0.05) is 38.5 Å². The summed E-state index contributed by atoms with van der Waals surface area (Å²) in [5.41, 5.74) is 17.6. The summed E-state index contributed by atoms with van der Waals surface area (Å²) in [4.78, 5) is 0. The van der Waals surface area contributed by atoms with Gasteiger partial charge >= 0.3 is 0 Å². The van der Waals surface area contributed by atoms with Crippen molar-refractivity contribution in [3.8, 4) is 44.8 Å². The molecule has 3 N–H and O–H groups in total. The lowest BCUT2D eigenvalue weighted by Gasteiger charge is -2.20. The molecule has 0 aliphatic heterocycles. The molecule has 0 spiro atoms. The number of nitrogens with two attached hydrogens (primary N) is 1. The van der Waals surface area contributed by atoms with E-state index in [4.69, 9.17) is 5.84 Å². The number of hydrogen-bond acceptors (Lipinski definition) is 2. The summed E-state index contributed by atoms with van der Waals surface area (Å²) in [6.07, 6.45) is 0. The Bertz CT molecular complexity index is 2920. The first-order valence-electron chi connectivity index (χ1n) is 17.7. The van der Waals surface area contributed by atoms with Crippen molar-refractivity contribution >= 4 is 49.3 Å². The highest BCUT2D eigenvalue weighted by Gasteiger charge is 2.22. The quantitative estimate of drug-likeness (QED) is 0.137. The Kier molecular flexibility index (Phi) is 7.01. The number of hydrazine groups is 1. The van der Waals surface area contributed by atoms with E-state index in [0.29, 0.717) is 0 Å². The monoisotopic (exact) mass is 666 g/mol.